The van der Waals surface area contributed by atoms with Crippen LogP contribution < -0.4 is 5.32 Å². The molecule has 3 aromatic rings. The third kappa shape index (κ3) is 6.39. The summed E-state index contributed by atoms with van der Waals surface area (Å²) >= 11 is 0. The number of carboxylic acid groups (broad SMARTS) is 1. The highest BCUT2D eigenvalue weighted by Gasteiger charge is 2.34. The lowest BCUT2D eigenvalue weighted by Gasteiger charge is -2.36. The van der Waals surface area contributed by atoms with E-state index in [1.165, 1.54) is 6.26 Å². The molecule has 0 unspecified atom stereocenters. The van der Waals surface area contributed by atoms with Crippen molar-refractivity contribution in [2.24, 2.45) is 0 Å². The summed E-state index contributed by atoms with van der Waals surface area (Å²) in [6.45, 7) is 5.66. The number of fused-ring (bicyclic) bond motifs is 3. The maximum absolute atomic E-state index is 13.7. The number of amides is 2. The van der Waals surface area contributed by atoms with Gasteiger partial charge >= 0.3 is 18.2 Å². The van der Waals surface area contributed by atoms with Crippen molar-refractivity contribution in [3.8, 4) is 11.1 Å². The molecule has 2 amide bonds. The number of benzene rings is 2. The van der Waals surface area contributed by atoms with Gasteiger partial charge in [0, 0.05) is 23.6 Å². The van der Waals surface area contributed by atoms with Crippen LogP contribution in [0.4, 0.5) is 9.59 Å². The molecule has 0 radical (unpaired) electrons. The quantitative estimate of drug-likeness (QED) is 0.336. The number of nitrogens with zero attached hydrogens (tertiary/aromatic N) is 1. The van der Waals surface area contributed by atoms with E-state index in [0.29, 0.717) is 31.2 Å². The predicted molar refractivity (Wildman–Crippen MR) is 152 cm³/mol. The summed E-state index contributed by atoms with van der Waals surface area (Å²) in [5.74, 6) is -1.48. The van der Waals surface area contributed by atoms with Crippen LogP contribution in [0, 0.1) is 0 Å². The second-order valence-electron chi connectivity index (χ2n) is 11.7. The summed E-state index contributed by atoms with van der Waals surface area (Å²) in [4.78, 5) is 39.3. The number of rotatable bonds is 7. The van der Waals surface area contributed by atoms with Crippen molar-refractivity contribution >= 4 is 18.2 Å². The van der Waals surface area contributed by atoms with E-state index in [1.807, 2.05) is 45.0 Å². The zero-order valence-corrected chi connectivity index (χ0v) is 23.6. The molecule has 2 aliphatic carbocycles. The summed E-state index contributed by atoms with van der Waals surface area (Å²) in [6.07, 6.45) is 2.88. The second kappa shape index (κ2) is 11.7. The van der Waals surface area contributed by atoms with Crippen LogP contribution in [-0.4, -0.2) is 52.5 Å². The van der Waals surface area contributed by atoms with E-state index in [9.17, 15) is 19.5 Å². The molecular weight excluding hydrogens is 524 g/mol. The Kier molecular flexibility index (Phi) is 8.06. The van der Waals surface area contributed by atoms with Gasteiger partial charge in [-0.15, -0.1) is 0 Å². The molecule has 0 aliphatic heterocycles. The lowest BCUT2D eigenvalue weighted by molar-refractivity contribution is 0.0454. The zero-order valence-electron chi connectivity index (χ0n) is 23.6. The van der Waals surface area contributed by atoms with Crippen LogP contribution in [0.3, 0.4) is 0 Å². The van der Waals surface area contributed by atoms with E-state index in [2.05, 4.69) is 29.6 Å². The molecule has 2 N–H and O–H groups in total. The van der Waals surface area contributed by atoms with Crippen molar-refractivity contribution in [3.63, 3.8) is 0 Å². The Bertz CT molecular complexity index is 1370. The first kappa shape index (κ1) is 28.3. The topological polar surface area (TPSA) is 118 Å². The van der Waals surface area contributed by atoms with Crippen molar-refractivity contribution in [1.82, 2.24) is 10.2 Å². The van der Waals surface area contributed by atoms with E-state index in [4.69, 9.17) is 13.9 Å². The van der Waals surface area contributed by atoms with Crippen molar-refractivity contribution in [2.75, 3.05) is 6.61 Å². The van der Waals surface area contributed by atoms with Crippen LogP contribution in [0.1, 0.15) is 79.6 Å². The number of carbonyl (C=O) groups is 3. The Morgan fingerprint density at radius 3 is 2.15 bits per heavy atom. The molecule has 0 saturated heterocycles. The Labute approximate surface area is 239 Å². The summed E-state index contributed by atoms with van der Waals surface area (Å²) in [5.41, 5.74) is 4.33. The van der Waals surface area contributed by atoms with Gasteiger partial charge in [0.1, 0.15) is 12.2 Å². The minimum atomic E-state index is -1.19. The molecule has 1 saturated carbocycles. The molecule has 0 atom stereocenters. The Morgan fingerprint density at radius 1 is 0.951 bits per heavy atom. The van der Waals surface area contributed by atoms with Crippen molar-refractivity contribution < 1.29 is 33.4 Å². The van der Waals surface area contributed by atoms with E-state index < -0.39 is 23.8 Å². The van der Waals surface area contributed by atoms with E-state index >= 15 is 0 Å². The molecule has 0 bridgehead atoms. The Morgan fingerprint density at radius 2 is 1.56 bits per heavy atom. The molecule has 2 aromatic carbocycles. The maximum atomic E-state index is 13.7. The van der Waals surface area contributed by atoms with Crippen molar-refractivity contribution in [2.45, 2.75) is 76.6 Å². The first-order valence-electron chi connectivity index (χ1n) is 14.0. The number of carbonyl (C=O) groups excluding carboxylic acids is 2. The normalized spacial score (nSPS) is 18.2. The van der Waals surface area contributed by atoms with Crippen LogP contribution >= 0.6 is 0 Å². The van der Waals surface area contributed by atoms with Gasteiger partial charge in [-0.3, -0.25) is 0 Å². The number of nitrogens with one attached hydrogen (secondary N) is 1. The standard InChI is InChI=1S/C32H36N2O7/c1-32(2,3)41-30(37)33-21-12-14-22(15-13-21)34(18-20-16-17-39-28(20)29(35)36)31(38)40-19-27-25-10-6-4-8-23(25)24-9-5-7-11-26(24)27/h4-11,16-17,21-22,27H,12-15,18-19H2,1-3H3,(H,33,37)(H,35,36). The monoisotopic (exact) mass is 560 g/mol. The zero-order chi connectivity index (χ0) is 29.1. The van der Waals surface area contributed by atoms with E-state index in [0.717, 1.165) is 22.3 Å². The van der Waals surface area contributed by atoms with Crippen LogP contribution in [0.15, 0.2) is 65.3 Å². The minimum Gasteiger partial charge on any atom is -0.475 e. The minimum absolute atomic E-state index is 0.0453. The highest BCUT2D eigenvalue weighted by Crippen LogP contribution is 2.44. The van der Waals surface area contributed by atoms with Crippen molar-refractivity contribution in [1.29, 1.82) is 0 Å². The summed E-state index contributed by atoms with van der Waals surface area (Å²) in [5, 5.41) is 12.5. The lowest BCUT2D eigenvalue weighted by Crippen LogP contribution is -2.47. The lowest BCUT2D eigenvalue weighted by atomic mass is 9.90. The number of aromatic carboxylic acids is 1. The third-order valence-electron chi connectivity index (χ3n) is 7.71. The Hall–Kier alpha value is -4.27. The van der Waals surface area contributed by atoms with Gasteiger partial charge in [-0.1, -0.05) is 48.5 Å². The number of alkyl carbamates (subject to hydrolysis) is 1. The second-order valence-corrected chi connectivity index (χ2v) is 11.7. The molecule has 41 heavy (non-hydrogen) atoms. The summed E-state index contributed by atoms with van der Waals surface area (Å²) in [7, 11) is 0. The van der Waals surface area contributed by atoms with Gasteiger partial charge in [0.05, 0.1) is 12.8 Å². The summed E-state index contributed by atoms with van der Waals surface area (Å²) < 4.78 is 16.5. The number of hydrogen-bond acceptors (Lipinski definition) is 6. The molecule has 2 aliphatic rings. The highest BCUT2D eigenvalue weighted by atomic mass is 16.6. The first-order valence-corrected chi connectivity index (χ1v) is 14.0. The average Bonchev–Trinajstić information content (AvgIpc) is 3.53. The average molecular weight is 561 g/mol. The fourth-order valence-electron chi connectivity index (χ4n) is 5.86. The van der Waals surface area contributed by atoms with Gasteiger partial charge in [0.15, 0.2) is 0 Å². The Balaban J connectivity index is 1.30. The van der Waals surface area contributed by atoms with Gasteiger partial charge < -0.3 is 29.2 Å². The number of hydrogen-bond donors (Lipinski definition) is 2. The molecule has 9 nitrogen and oxygen atoms in total. The molecule has 5 rings (SSSR count). The van der Waals surface area contributed by atoms with Gasteiger partial charge in [0.25, 0.3) is 0 Å². The molecule has 216 valence electrons. The maximum Gasteiger partial charge on any atom is 0.410 e. The fraction of sp³-hybridized carbons (Fsp3) is 0.406. The van der Waals surface area contributed by atoms with Crippen molar-refractivity contribution in [3.05, 3.63) is 83.3 Å². The van der Waals surface area contributed by atoms with Crippen LogP contribution in [0.2, 0.25) is 0 Å². The molecule has 1 fully saturated rings. The van der Waals surface area contributed by atoms with Crippen LogP contribution in [0.25, 0.3) is 11.1 Å². The first-order chi connectivity index (χ1) is 19.6. The fourth-order valence-corrected chi connectivity index (χ4v) is 5.86. The third-order valence-corrected chi connectivity index (χ3v) is 7.71. The van der Waals surface area contributed by atoms with E-state index in [1.54, 1.807) is 11.0 Å². The molecule has 1 heterocycles. The van der Waals surface area contributed by atoms with E-state index in [-0.39, 0.29) is 36.9 Å². The number of carboxylic acids is 1. The van der Waals surface area contributed by atoms with Crippen LogP contribution in [-0.2, 0) is 16.0 Å². The number of furan rings is 1. The van der Waals surface area contributed by atoms with Gasteiger partial charge in [-0.05, 0) is 74.8 Å². The van der Waals surface area contributed by atoms with Gasteiger partial charge in [-0.2, -0.15) is 0 Å². The van der Waals surface area contributed by atoms with Crippen LogP contribution in [0.5, 0.6) is 0 Å². The molecule has 1 aromatic heterocycles. The smallest absolute Gasteiger partial charge is 0.410 e. The SMILES string of the molecule is CC(C)(C)OC(=O)NC1CCC(N(Cc2ccoc2C(=O)O)C(=O)OCC2c3ccccc3-c3ccccc32)CC1. The molecule has 0 spiro atoms. The van der Waals surface area contributed by atoms with Gasteiger partial charge in [0.2, 0.25) is 5.76 Å². The predicted octanol–water partition coefficient (Wildman–Crippen LogP) is 6.56. The molecule has 9 heteroatoms. The molecular formula is C32H36N2O7. The highest BCUT2D eigenvalue weighted by molar-refractivity contribution is 5.86. The van der Waals surface area contributed by atoms with Gasteiger partial charge in [-0.25, -0.2) is 14.4 Å². The largest absolute Gasteiger partial charge is 0.475 e. The number of ether oxygens (including phenoxy) is 2. The summed E-state index contributed by atoms with van der Waals surface area (Å²) in [6, 6.07) is 17.6.